The van der Waals surface area contributed by atoms with Crippen molar-refractivity contribution in [2.45, 2.75) is 46.5 Å². The van der Waals surface area contributed by atoms with Crippen LogP contribution < -0.4 is 15.2 Å². The van der Waals surface area contributed by atoms with Crippen molar-refractivity contribution in [3.63, 3.8) is 0 Å². The minimum absolute atomic E-state index is 0.0535. The minimum atomic E-state index is -1.40. The third-order valence-electron chi connectivity index (χ3n) is 5.33. The number of hydrogen-bond donors (Lipinski definition) is 1. The summed E-state index contributed by atoms with van der Waals surface area (Å²) < 4.78 is 5.95. The number of ether oxygens (including phenoxy) is 1. The van der Waals surface area contributed by atoms with Gasteiger partial charge in [0.15, 0.2) is 5.78 Å². The number of anilines is 1. The summed E-state index contributed by atoms with van der Waals surface area (Å²) in [6, 6.07) is 8.37. The Morgan fingerprint density at radius 2 is 1.78 bits per heavy atom. The van der Waals surface area contributed by atoms with Gasteiger partial charge in [0, 0.05) is 17.2 Å². The third kappa shape index (κ3) is 3.29. The molecule has 1 amide bonds. The first-order valence-electron chi connectivity index (χ1n) is 9.11. The molecule has 5 nitrogen and oxygen atoms in total. The Hall–Kier alpha value is -2.82. The van der Waals surface area contributed by atoms with Crippen molar-refractivity contribution < 1.29 is 19.4 Å². The van der Waals surface area contributed by atoms with Gasteiger partial charge in [-0.3, -0.25) is 4.79 Å². The number of benzene rings is 2. The number of hydrogen-bond acceptors (Lipinski definition) is 4. The van der Waals surface area contributed by atoms with Crippen LogP contribution in [0.1, 0.15) is 70.8 Å². The SMILES string of the molecule is CC(=O)c1c(C)c(NC(=O)[O-])c(C)c2c1OCC2c1ccc(C(C)C)cc1. The molecule has 0 saturated heterocycles. The highest BCUT2D eigenvalue weighted by molar-refractivity contribution is 6.02. The Kier molecular flexibility index (Phi) is 4.96. The van der Waals surface area contributed by atoms with Crippen molar-refractivity contribution in [2.75, 3.05) is 11.9 Å². The lowest BCUT2D eigenvalue weighted by Gasteiger charge is -2.21. The number of Topliss-reactive ketones (excluding diaryl/α,β-unsaturated/α-hetero) is 1. The normalized spacial score (nSPS) is 15.4. The van der Waals surface area contributed by atoms with E-state index in [2.05, 4.69) is 43.4 Å². The molecule has 5 heteroatoms. The van der Waals surface area contributed by atoms with Gasteiger partial charge in [-0.15, -0.1) is 0 Å². The van der Waals surface area contributed by atoms with Crippen LogP contribution in [0.3, 0.4) is 0 Å². The predicted octanol–water partition coefficient (Wildman–Crippen LogP) is 3.91. The van der Waals surface area contributed by atoms with Crippen LogP contribution in [0.4, 0.5) is 10.5 Å². The Bertz CT molecular complexity index is 913. The summed E-state index contributed by atoms with van der Waals surface area (Å²) in [4.78, 5) is 23.4. The largest absolute Gasteiger partial charge is 0.530 e. The summed E-state index contributed by atoms with van der Waals surface area (Å²) >= 11 is 0. The second kappa shape index (κ2) is 7.06. The monoisotopic (exact) mass is 366 g/mol. The fourth-order valence-corrected chi connectivity index (χ4v) is 3.93. The van der Waals surface area contributed by atoms with Crippen molar-refractivity contribution in [1.82, 2.24) is 0 Å². The Balaban J connectivity index is 2.17. The molecule has 0 aliphatic carbocycles. The summed E-state index contributed by atoms with van der Waals surface area (Å²) in [5.74, 6) is 0.807. The van der Waals surface area contributed by atoms with Crippen LogP contribution in [-0.4, -0.2) is 18.5 Å². The number of rotatable bonds is 4. The molecule has 142 valence electrons. The molecule has 0 radical (unpaired) electrons. The molecule has 1 atom stereocenters. The maximum absolute atomic E-state index is 12.3. The van der Waals surface area contributed by atoms with Gasteiger partial charge in [0.05, 0.1) is 12.2 Å². The van der Waals surface area contributed by atoms with Gasteiger partial charge in [0.1, 0.15) is 11.8 Å². The number of nitrogens with one attached hydrogen (secondary N) is 1. The lowest BCUT2D eigenvalue weighted by Crippen LogP contribution is -2.30. The molecule has 2 aromatic carbocycles. The zero-order valence-electron chi connectivity index (χ0n) is 16.3. The fourth-order valence-electron chi connectivity index (χ4n) is 3.93. The van der Waals surface area contributed by atoms with Gasteiger partial charge in [-0.1, -0.05) is 38.1 Å². The number of carbonyl (C=O) groups excluding carboxylic acids is 2. The summed E-state index contributed by atoms with van der Waals surface area (Å²) in [6.45, 7) is 9.76. The molecule has 0 aromatic heterocycles. The van der Waals surface area contributed by atoms with E-state index in [1.165, 1.54) is 12.5 Å². The van der Waals surface area contributed by atoms with Crippen LogP contribution in [0.25, 0.3) is 0 Å². The van der Waals surface area contributed by atoms with E-state index in [9.17, 15) is 14.7 Å². The number of carbonyl (C=O) groups is 2. The van der Waals surface area contributed by atoms with Crippen molar-refractivity contribution in [2.24, 2.45) is 0 Å². The number of carboxylic acid groups (broad SMARTS) is 1. The van der Waals surface area contributed by atoms with Crippen molar-refractivity contribution in [1.29, 1.82) is 0 Å². The first kappa shape index (κ1) is 19.0. The number of ketones is 1. The zero-order chi connectivity index (χ0) is 19.9. The average Bonchev–Trinajstić information content (AvgIpc) is 3.03. The third-order valence-corrected chi connectivity index (χ3v) is 5.33. The summed E-state index contributed by atoms with van der Waals surface area (Å²) in [6.07, 6.45) is -1.40. The van der Waals surface area contributed by atoms with Gasteiger partial charge in [-0.05, 0) is 48.9 Å². The molecule has 3 rings (SSSR count). The first-order chi connectivity index (χ1) is 12.7. The highest BCUT2D eigenvalue weighted by atomic mass is 16.5. The van der Waals surface area contributed by atoms with E-state index in [1.54, 1.807) is 6.92 Å². The van der Waals surface area contributed by atoms with Crippen LogP contribution in [0.15, 0.2) is 24.3 Å². The molecule has 1 aliphatic rings. The molecule has 1 aliphatic heterocycles. The van der Waals surface area contributed by atoms with Crippen LogP contribution in [0, 0.1) is 13.8 Å². The minimum Gasteiger partial charge on any atom is -0.530 e. The Morgan fingerprint density at radius 1 is 1.15 bits per heavy atom. The van der Waals surface area contributed by atoms with Crippen molar-refractivity contribution in [3.05, 3.63) is 57.6 Å². The average molecular weight is 366 g/mol. The smallest absolute Gasteiger partial charge is 0.163 e. The van der Waals surface area contributed by atoms with Crippen LogP contribution >= 0.6 is 0 Å². The fraction of sp³-hybridized carbons (Fsp3) is 0.364. The number of amides is 1. The van der Waals surface area contributed by atoms with E-state index in [0.717, 1.165) is 16.7 Å². The summed E-state index contributed by atoms with van der Waals surface area (Å²) in [5.41, 5.74) is 5.38. The van der Waals surface area contributed by atoms with Crippen LogP contribution in [0.5, 0.6) is 5.75 Å². The maximum atomic E-state index is 12.3. The Morgan fingerprint density at radius 3 is 2.30 bits per heavy atom. The molecule has 1 heterocycles. The zero-order valence-corrected chi connectivity index (χ0v) is 16.3. The quantitative estimate of drug-likeness (QED) is 0.832. The predicted molar refractivity (Wildman–Crippen MR) is 103 cm³/mol. The molecule has 1 unspecified atom stereocenters. The molecule has 27 heavy (non-hydrogen) atoms. The lowest BCUT2D eigenvalue weighted by molar-refractivity contribution is -0.242. The lowest BCUT2D eigenvalue weighted by atomic mass is 9.85. The molecule has 2 aromatic rings. The highest BCUT2D eigenvalue weighted by Gasteiger charge is 2.34. The van der Waals surface area contributed by atoms with Crippen molar-refractivity contribution >= 4 is 17.6 Å². The summed E-state index contributed by atoms with van der Waals surface area (Å²) in [7, 11) is 0. The molecule has 0 fully saturated rings. The van der Waals surface area contributed by atoms with E-state index in [1.807, 2.05) is 6.92 Å². The van der Waals surface area contributed by atoms with E-state index in [-0.39, 0.29) is 11.7 Å². The van der Waals surface area contributed by atoms with E-state index in [4.69, 9.17) is 4.74 Å². The molecular formula is C22H24NO4-. The topological polar surface area (TPSA) is 78.5 Å². The molecular weight excluding hydrogens is 342 g/mol. The highest BCUT2D eigenvalue weighted by Crippen LogP contribution is 2.47. The van der Waals surface area contributed by atoms with Crippen molar-refractivity contribution in [3.8, 4) is 5.75 Å². The molecule has 1 N–H and O–H groups in total. The standard InChI is InChI=1S/C22H25NO4/c1-11(2)15-6-8-16(9-7-15)17-10-27-21-18(14(5)24)12(3)20(23-22(25)26)13(4)19(17)21/h6-9,11,17,23H,10H2,1-5H3,(H,25,26)/p-1. The van der Waals surface area contributed by atoms with Gasteiger partial charge in [-0.25, -0.2) is 0 Å². The van der Waals surface area contributed by atoms with E-state index >= 15 is 0 Å². The summed E-state index contributed by atoms with van der Waals surface area (Å²) in [5, 5.41) is 13.5. The molecule has 0 bridgehead atoms. The maximum Gasteiger partial charge on any atom is 0.163 e. The van der Waals surface area contributed by atoms with Crippen LogP contribution in [0.2, 0.25) is 0 Å². The van der Waals surface area contributed by atoms with Gasteiger partial charge in [-0.2, -0.15) is 0 Å². The molecule has 0 spiro atoms. The van der Waals surface area contributed by atoms with Crippen LogP contribution in [-0.2, 0) is 0 Å². The second-order valence-corrected chi connectivity index (χ2v) is 7.40. The Labute approximate surface area is 159 Å². The number of fused-ring (bicyclic) bond motifs is 1. The first-order valence-corrected chi connectivity index (χ1v) is 9.11. The second-order valence-electron chi connectivity index (χ2n) is 7.40. The van der Waals surface area contributed by atoms with Gasteiger partial charge < -0.3 is 20.0 Å². The van der Waals surface area contributed by atoms with E-state index < -0.39 is 6.09 Å². The van der Waals surface area contributed by atoms with Gasteiger partial charge in [0.2, 0.25) is 0 Å². The van der Waals surface area contributed by atoms with E-state index in [0.29, 0.717) is 35.1 Å². The van der Waals surface area contributed by atoms with Gasteiger partial charge in [0.25, 0.3) is 0 Å². The van der Waals surface area contributed by atoms with Gasteiger partial charge >= 0.3 is 0 Å². The molecule has 0 saturated carbocycles.